The Balaban J connectivity index is 1.42. The summed E-state index contributed by atoms with van der Waals surface area (Å²) in [4.78, 5) is 2.47. The highest BCUT2D eigenvalue weighted by atomic mass is 16.3. The molecule has 3 heteroatoms. The van der Waals surface area contributed by atoms with Crippen molar-refractivity contribution in [3.8, 4) is 0 Å². The summed E-state index contributed by atoms with van der Waals surface area (Å²) < 4.78 is 2.35. The Bertz CT molecular complexity index is 882. The van der Waals surface area contributed by atoms with Crippen molar-refractivity contribution in [2.75, 3.05) is 6.54 Å². The molecule has 28 heavy (non-hydrogen) atoms. The van der Waals surface area contributed by atoms with Crippen molar-refractivity contribution in [1.82, 2.24) is 9.47 Å². The van der Waals surface area contributed by atoms with Gasteiger partial charge in [-0.05, 0) is 55.0 Å². The number of hydrogen-bond acceptors (Lipinski definition) is 2. The van der Waals surface area contributed by atoms with Crippen LogP contribution in [0.15, 0.2) is 72.9 Å². The van der Waals surface area contributed by atoms with Crippen molar-refractivity contribution in [3.63, 3.8) is 0 Å². The average Bonchev–Trinajstić information content (AvgIpc) is 3.46. The Morgan fingerprint density at radius 1 is 1.00 bits per heavy atom. The van der Waals surface area contributed by atoms with Gasteiger partial charge in [0.25, 0.3) is 0 Å². The smallest absolute Gasteiger partial charge is 0.0707 e. The third-order valence-electron chi connectivity index (χ3n) is 5.71. The molecule has 1 atom stereocenters. The van der Waals surface area contributed by atoms with Gasteiger partial charge in [0.1, 0.15) is 0 Å². The SMILES string of the molecule is Cc1ccccc1Cn1cccc1CN(C[C@@H](O)Cc1ccccc1)C1CC1. The van der Waals surface area contributed by atoms with Crippen LogP contribution in [0.3, 0.4) is 0 Å². The fourth-order valence-electron chi connectivity index (χ4n) is 3.93. The molecule has 1 aliphatic rings. The van der Waals surface area contributed by atoms with E-state index in [9.17, 15) is 5.11 Å². The van der Waals surface area contributed by atoms with Gasteiger partial charge in [-0.15, -0.1) is 0 Å². The first-order valence-electron chi connectivity index (χ1n) is 10.3. The molecule has 0 radical (unpaired) electrons. The summed E-state index contributed by atoms with van der Waals surface area (Å²) in [6.07, 6.45) is 5.05. The maximum atomic E-state index is 10.7. The molecular formula is C25H30N2O. The van der Waals surface area contributed by atoms with Crippen molar-refractivity contribution in [3.05, 3.63) is 95.3 Å². The van der Waals surface area contributed by atoms with E-state index in [0.29, 0.717) is 12.5 Å². The van der Waals surface area contributed by atoms with Crippen LogP contribution in [0.2, 0.25) is 0 Å². The van der Waals surface area contributed by atoms with Crippen molar-refractivity contribution in [1.29, 1.82) is 0 Å². The maximum absolute atomic E-state index is 10.7. The zero-order valence-electron chi connectivity index (χ0n) is 16.7. The Hall–Kier alpha value is -2.36. The van der Waals surface area contributed by atoms with Gasteiger partial charge in [-0.3, -0.25) is 4.90 Å². The standard InChI is InChI=1S/C25H30N2O/c1-20-8-5-6-11-22(20)17-26-15-7-12-24(26)18-27(23-13-14-23)19-25(28)16-21-9-3-2-4-10-21/h2-12,15,23,25,28H,13-14,16-19H2,1H3/t25-/m0/s1. The number of benzene rings is 2. The number of rotatable bonds is 9. The van der Waals surface area contributed by atoms with Crippen molar-refractivity contribution in [2.45, 2.75) is 51.4 Å². The summed E-state index contributed by atoms with van der Waals surface area (Å²) in [7, 11) is 0. The van der Waals surface area contributed by atoms with E-state index in [0.717, 1.165) is 19.6 Å². The van der Waals surface area contributed by atoms with E-state index in [4.69, 9.17) is 0 Å². The van der Waals surface area contributed by atoms with Crippen LogP contribution in [-0.4, -0.2) is 33.3 Å². The van der Waals surface area contributed by atoms with Crippen LogP contribution in [0, 0.1) is 6.92 Å². The van der Waals surface area contributed by atoms with Crippen LogP contribution in [0.1, 0.15) is 35.2 Å². The zero-order chi connectivity index (χ0) is 19.3. The summed E-state index contributed by atoms with van der Waals surface area (Å²) >= 11 is 0. The molecule has 3 nitrogen and oxygen atoms in total. The summed E-state index contributed by atoms with van der Waals surface area (Å²) in [6.45, 7) is 4.71. The number of nitrogens with zero attached hydrogens (tertiary/aromatic N) is 2. The Morgan fingerprint density at radius 2 is 1.75 bits per heavy atom. The highest BCUT2D eigenvalue weighted by Crippen LogP contribution is 2.29. The molecule has 0 spiro atoms. The monoisotopic (exact) mass is 374 g/mol. The van der Waals surface area contributed by atoms with Gasteiger partial charge < -0.3 is 9.67 Å². The second-order valence-corrected chi connectivity index (χ2v) is 8.06. The van der Waals surface area contributed by atoms with Crippen molar-refractivity contribution in [2.24, 2.45) is 0 Å². The molecule has 1 fully saturated rings. The molecule has 1 N–H and O–H groups in total. The molecule has 0 saturated heterocycles. The van der Waals surface area contributed by atoms with Gasteiger partial charge >= 0.3 is 0 Å². The van der Waals surface area contributed by atoms with E-state index in [2.05, 4.69) is 71.1 Å². The summed E-state index contributed by atoms with van der Waals surface area (Å²) in [5, 5.41) is 10.7. The third-order valence-corrected chi connectivity index (χ3v) is 5.71. The molecule has 0 bridgehead atoms. The number of aromatic nitrogens is 1. The van der Waals surface area contributed by atoms with Gasteiger partial charge in [0.05, 0.1) is 6.10 Å². The van der Waals surface area contributed by atoms with Gasteiger partial charge in [-0.25, -0.2) is 0 Å². The van der Waals surface area contributed by atoms with E-state index in [-0.39, 0.29) is 6.10 Å². The normalized spacial score (nSPS) is 15.1. The Kier molecular flexibility index (Phi) is 5.94. The number of aliphatic hydroxyl groups is 1. The molecule has 1 aliphatic carbocycles. The fourth-order valence-corrected chi connectivity index (χ4v) is 3.93. The third kappa shape index (κ3) is 4.92. The molecule has 2 aromatic carbocycles. The van der Waals surface area contributed by atoms with Crippen LogP contribution in [0.4, 0.5) is 0 Å². The molecule has 4 rings (SSSR count). The second kappa shape index (κ2) is 8.76. The number of aryl methyl sites for hydroxylation is 1. The molecule has 1 saturated carbocycles. The number of aliphatic hydroxyl groups excluding tert-OH is 1. The molecule has 146 valence electrons. The average molecular weight is 375 g/mol. The minimum Gasteiger partial charge on any atom is -0.391 e. The second-order valence-electron chi connectivity index (χ2n) is 8.06. The topological polar surface area (TPSA) is 28.4 Å². The van der Waals surface area contributed by atoms with Gasteiger partial charge in [0.2, 0.25) is 0 Å². The van der Waals surface area contributed by atoms with Crippen LogP contribution in [0.5, 0.6) is 0 Å². The molecule has 0 aliphatic heterocycles. The predicted octanol–water partition coefficient (Wildman–Crippen LogP) is 4.41. The summed E-state index contributed by atoms with van der Waals surface area (Å²) in [5.74, 6) is 0. The molecule has 1 aromatic heterocycles. The van der Waals surface area contributed by atoms with Gasteiger partial charge in [0, 0.05) is 37.6 Å². The Labute approximate surface area is 168 Å². The van der Waals surface area contributed by atoms with Crippen LogP contribution >= 0.6 is 0 Å². The molecule has 0 unspecified atom stereocenters. The summed E-state index contributed by atoms with van der Waals surface area (Å²) in [5.41, 5.74) is 5.22. The molecule has 1 heterocycles. The van der Waals surface area contributed by atoms with Crippen LogP contribution in [0.25, 0.3) is 0 Å². The predicted molar refractivity (Wildman–Crippen MR) is 114 cm³/mol. The van der Waals surface area contributed by atoms with E-state index >= 15 is 0 Å². The van der Waals surface area contributed by atoms with Gasteiger partial charge in [-0.2, -0.15) is 0 Å². The maximum Gasteiger partial charge on any atom is 0.0707 e. The zero-order valence-corrected chi connectivity index (χ0v) is 16.7. The molecule has 0 amide bonds. The lowest BCUT2D eigenvalue weighted by Crippen LogP contribution is -2.35. The first-order chi connectivity index (χ1) is 13.7. The molecular weight excluding hydrogens is 344 g/mol. The minimum absolute atomic E-state index is 0.331. The van der Waals surface area contributed by atoms with Crippen molar-refractivity contribution < 1.29 is 5.11 Å². The lowest BCUT2D eigenvalue weighted by atomic mass is 10.1. The lowest BCUT2D eigenvalue weighted by molar-refractivity contribution is 0.103. The number of hydrogen-bond donors (Lipinski definition) is 1. The fraction of sp³-hybridized carbons (Fsp3) is 0.360. The van der Waals surface area contributed by atoms with E-state index in [1.165, 1.54) is 35.2 Å². The Morgan fingerprint density at radius 3 is 2.50 bits per heavy atom. The highest BCUT2D eigenvalue weighted by molar-refractivity contribution is 5.26. The van der Waals surface area contributed by atoms with E-state index < -0.39 is 0 Å². The van der Waals surface area contributed by atoms with Crippen LogP contribution < -0.4 is 0 Å². The van der Waals surface area contributed by atoms with E-state index in [1.807, 2.05) is 18.2 Å². The van der Waals surface area contributed by atoms with Gasteiger partial charge in [-0.1, -0.05) is 54.6 Å². The van der Waals surface area contributed by atoms with E-state index in [1.54, 1.807) is 0 Å². The first kappa shape index (κ1) is 19.0. The first-order valence-corrected chi connectivity index (χ1v) is 10.3. The lowest BCUT2D eigenvalue weighted by Gasteiger charge is -2.26. The van der Waals surface area contributed by atoms with Crippen LogP contribution in [-0.2, 0) is 19.5 Å². The summed E-state index contributed by atoms with van der Waals surface area (Å²) in [6, 6.07) is 23.9. The van der Waals surface area contributed by atoms with Gasteiger partial charge in [0.15, 0.2) is 0 Å². The highest BCUT2D eigenvalue weighted by Gasteiger charge is 2.30. The molecule has 3 aromatic rings. The quantitative estimate of drug-likeness (QED) is 0.601. The van der Waals surface area contributed by atoms with Crippen molar-refractivity contribution >= 4 is 0 Å². The largest absolute Gasteiger partial charge is 0.391 e. The minimum atomic E-state index is -0.331.